The van der Waals surface area contributed by atoms with Gasteiger partial charge in [-0.2, -0.15) is 4.31 Å². The Morgan fingerprint density at radius 2 is 1.65 bits per heavy atom. The number of hydrogen-bond acceptors (Lipinski definition) is 4. The first kappa shape index (κ1) is 21.5. The van der Waals surface area contributed by atoms with Crippen LogP contribution in [0.4, 0.5) is 5.69 Å². The Bertz CT molecular complexity index is 1170. The van der Waals surface area contributed by atoms with E-state index in [4.69, 9.17) is 4.74 Å². The first-order valence-electron chi connectivity index (χ1n) is 9.85. The third-order valence-electron chi connectivity index (χ3n) is 5.04. The van der Waals surface area contributed by atoms with Crippen LogP contribution in [-0.4, -0.2) is 31.2 Å². The van der Waals surface area contributed by atoms with Crippen molar-refractivity contribution < 1.29 is 17.9 Å². The van der Waals surface area contributed by atoms with Gasteiger partial charge in [-0.15, -0.1) is 0 Å². The lowest BCUT2D eigenvalue weighted by molar-refractivity contribution is -0.119. The van der Waals surface area contributed by atoms with Crippen LogP contribution in [0, 0.1) is 0 Å². The van der Waals surface area contributed by atoms with Crippen LogP contribution in [0.25, 0.3) is 0 Å². The maximum atomic E-state index is 13.1. The monoisotopic (exact) mass is 500 g/mol. The second kappa shape index (κ2) is 9.21. The summed E-state index contributed by atoms with van der Waals surface area (Å²) in [6.07, 6.45) is 1.08. The maximum absolute atomic E-state index is 13.1. The zero-order valence-corrected chi connectivity index (χ0v) is 19.0. The largest absolute Gasteiger partial charge is 0.455 e. The number of carbonyl (C=O) groups excluding carboxylic acids is 1. The summed E-state index contributed by atoms with van der Waals surface area (Å²) < 4.78 is 34.2. The molecule has 1 atom stereocenters. The molecule has 3 aromatic rings. The van der Waals surface area contributed by atoms with Gasteiger partial charge in [0, 0.05) is 11.0 Å². The van der Waals surface area contributed by atoms with Crippen LogP contribution in [0.1, 0.15) is 12.8 Å². The number of hydrogen-bond donors (Lipinski definition) is 1. The van der Waals surface area contributed by atoms with Gasteiger partial charge in [-0.25, -0.2) is 8.42 Å². The Balaban J connectivity index is 1.54. The highest BCUT2D eigenvalue weighted by Crippen LogP contribution is 2.31. The molecule has 1 unspecified atom stereocenters. The highest BCUT2D eigenvalue weighted by atomic mass is 79.9. The van der Waals surface area contributed by atoms with Crippen LogP contribution in [0.3, 0.4) is 0 Å². The second-order valence-corrected chi connectivity index (χ2v) is 9.93. The molecule has 1 saturated heterocycles. The normalized spacial score (nSPS) is 16.7. The number of benzene rings is 3. The topological polar surface area (TPSA) is 75.7 Å². The molecule has 0 radical (unpaired) electrons. The Labute approximate surface area is 190 Å². The Kier molecular flexibility index (Phi) is 6.41. The highest BCUT2D eigenvalue weighted by Gasteiger charge is 2.39. The van der Waals surface area contributed by atoms with E-state index in [0.29, 0.717) is 36.6 Å². The molecule has 0 spiro atoms. The van der Waals surface area contributed by atoms with Crippen molar-refractivity contribution in [1.29, 1.82) is 0 Å². The van der Waals surface area contributed by atoms with Gasteiger partial charge in [0.1, 0.15) is 11.8 Å². The third kappa shape index (κ3) is 4.81. The van der Waals surface area contributed by atoms with E-state index in [1.165, 1.54) is 16.4 Å². The number of anilines is 1. The molecule has 0 saturated carbocycles. The van der Waals surface area contributed by atoms with Gasteiger partial charge in [-0.05, 0) is 61.4 Å². The second-order valence-electron chi connectivity index (χ2n) is 7.13. The van der Waals surface area contributed by atoms with Crippen molar-refractivity contribution in [1.82, 2.24) is 4.31 Å². The van der Waals surface area contributed by atoms with Crippen LogP contribution in [0.2, 0.25) is 0 Å². The molecule has 8 heteroatoms. The molecule has 1 N–H and O–H groups in total. The van der Waals surface area contributed by atoms with Crippen molar-refractivity contribution in [2.24, 2.45) is 0 Å². The summed E-state index contributed by atoms with van der Waals surface area (Å²) in [4.78, 5) is 13.3. The van der Waals surface area contributed by atoms with Gasteiger partial charge in [-0.3, -0.25) is 4.79 Å². The predicted molar refractivity (Wildman–Crippen MR) is 123 cm³/mol. The minimum Gasteiger partial charge on any atom is -0.455 e. The number of halogens is 1. The minimum absolute atomic E-state index is 0.170. The number of rotatable bonds is 6. The molecule has 1 amide bonds. The molecule has 3 aromatic carbocycles. The first-order valence-corrected chi connectivity index (χ1v) is 12.1. The lowest BCUT2D eigenvalue weighted by Crippen LogP contribution is -2.43. The van der Waals surface area contributed by atoms with E-state index in [9.17, 15) is 13.2 Å². The van der Waals surface area contributed by atoms with Crippen molar-refractivity contribution in [3.8, 4) is 11.5 Å². The van der Waals surface area contributed by atoms with Crippen molar-refractivity contribution >= 4 is 37.5 Å². The minimum atomic E-state index is -3.78. The van der Waals surface area contributed by atoms with Crippen LogP contribution in [0.5, 0.6) is 11.5 Å². The summed E-state index contributed by atoms with van der Waals surface area (Å²) >= 11 is 3.31. The van der Waals surface area contributed by atoms with Crippen LogP contribution in [-0.2, 0) is 14.8 Å². The van der Waals surface area contributed by atoms with Crippen molar-refractivity contribution in [2.45, 2.75) is 23.8 Å². The van der Waals surface area contributed by atoms with E-state index in [2.05, 4.69) is 21.2 Å². The molecule has 160 valence electrons. The van der Waals surface area contributed by atoms with Crippen LogP contribution in [0.15, 0.2) is 88.2 Å². The van der Waals surface area contributed by atoms with E-state index in [0.717, 1.165) is 4.47 Å². The predicted octanol–water partition coefficient (Wildman–Crippen LogP) is 5.03. The number of para-hydroxylation sites is 3. The summed E-state index contributed by atoms with van der Waals surface area (Å²) in [6, 6.07) is 22.0. The number of nitrogens with zero attached hydrogens (tertiary/aromatic N) is 1. The van der Waals surface area contributed by atoms with Crippen molar-refractivity contribution in [3.63, 3.8) is 0 Å². The van der Waals surface area contributed by atoms with Crippen LogP contribution < -0.4 is 10.1 Å². The van der Waals surface area contributed by atoms with E-state index < -0.39 is 16.1 Å². The fourth-order valence-electron chi connectivity index (χ4n) is 3.52. The Hall–Kier alpha value is -2.68. The van der Waals surface area contributed by atoms with Gasteiger partial charge in [0.05, 0.1) is 10.6 Å². The van der Waals surface area contributed by atoms with E-state index in [1.54, 1.807) is 30.3 Å². The summed E-state index contributed by atoms with van der Waals surface area (Å²) in [5.41, 5.74) is 0.490. The maximum Gasteiger partial charge on any atom is 0.243 e. The molecular formula is C23H21BrN2O4S. The number of carbonyl (C=O) groups is 1. The van der Waals surface area contributed by atoms with E-state index in [1.807, 2.05) is 36.4 Å². The van der Waals surface area contributed by atoms with Crippen LogP contribution >= 0.6 is 15.9 Å². The standard InChI is InChI=1S/C23H21BrN2O4S/c24-17-12-14-19(15-13-17)31(28,29)26-16-6-10-21(26)23(27)25-20-9-4-5-11-22(20)30-18-7-2-1-3-8-18/h1-5,7-9,11-15,21H,6,10,16H2,(H,25,27). The number of ether oxygens (including phenoxy) is 1. The van der Waals surface area contributed by atoms with Gasteiger partial charge in [0.2, 0.25) is 15.9 Å². The van der Waals surface area contributed by atoms with Gasteiger partial charge in [-0.1, -0.05) is 46.3 Å². The highest BCUT2D eigenvalue weighted by molar-refractivity contribution is 9.10. The van der Waals surface area contributed by atoms with Crippen molar-refractivity contribution in [2.75, 3.05) is 11.9 Å². The Morgan fingerprint density at radius 3 is 2.39 bits per heavy atom. The smallest absolute Gasteiger partial charge is 0.243 e. The third-order valence-corrected chi connectivity index (χ3v) is 7.49. The van der Waals surface area contributed by atoms with Gasteiger partial charge in [0.15, 0.2) is 5.75 Å². The molecule has 0 bridgehead atoms. The van der Waals surface area contributed by atoms with E-state index in [-0.39, 0.29) is 10.8 Å². The summed E-state index contributed by atoms with van der Waals surface area (Å²) in [6.45, 7) is 0.304. The average Bonchev–Trinajstić information content (AvgIpc) is 3.27. The first-order chi connectivity index (χ1) is 14.9. The summed E-state index contributed by atoms with van der Waals surface area (Å²) in [5, 5.41) is 2.86. The molecule has 1 fully saturated rings. The molecule has 1 aliphatic heterocycles. The van der Waals surface area contributed by atoms with E-state index >= 15 is 0 Å². The lowest BCUT2D eigenvalue weighted by Gasteiger charge is -2.24. The fourth-order valence-corrected chi connectivity index (χ4v) is 5.44. The van der Waals surface area contributed by atoms with Gasteiger partial charge >= 0.3 is 0 Å². The SMILES string of the molecule is O=C(Nc1ccccc1Oc1ccccc1)C1CCCN1S(=O)(=O)c1ccc(Br)cc1. The number of sulfonamides is 1. The Morgan fingerprint density at radius 1 is 0.968 bits per heavy atom. The summed E-state index contributed by atoms with van der Waals surface area (Å²) in [7, 11) is -3.78. The zero-order chi connectivity index (χ0) is 21.8. The quantitative estimate of drug-likeness (QED) is 0.514. The average molecular weight is 501 g/mol. The molecule has 0 aliphatic carbocycles. The fraction of sp³-hybridized carbons (Fsp3) is 0.174. The zero-order valence-electron chi connectivity index (χ0n) is 16.6. The van der Waals surface area contributed by atoms with Gasteiger partial charge < -0.3 is 10.1 Å². The molecule has 0 aromatic heterocycles. The molecule has 1 heterocycles. The van der Waals surface area contributed by atoms with Crippen molar-refractivity contribution in [3.05, 3.63) is 83.3 Å². The van der Waals surface area contributed by atoms with Gasteiger partial charge in [0.25, 0.3) is 0 Å². The lowest BCUT2D eigenvalue weighted by atomic mass is 10.2. The number of nitrogens with one attached hydrogen (secondary N) is 1. The molecule has 4 rings (SSSR count). The molecule has 31 heavy (non-hydrogen) atoms. The molecule has 1 aliphatic rings. The number of amides is 1. The summed E-state index contributed by atoms with van der Waals surface area (Å²) in [5.74, 6) is 0.758. The molecule has 6 nitrogen and oxygen atoms in total. The molecular weight excluding hydrogens is 480 g/mol.